The van der Waals surface area contributed by atoms with E-state index in [4.69, 9.17) is 10.5 Å². The highest BCUT2D eigenvalue weighted by molar-refractivity contribution is 5.78. The zero-order valence-electron chi connectivity index (χ0n) is 10.4. The van der Waals surface area contributed by atoms with Gasteiger partial charge >= 0.3 is 0 Å². The maximum absolute atomic E-state index is 5.76. The summed E-state index contributed by atoms with van der Waals surface area (Å²) in [5, 5.41) is 10.4. The average molecular weight is 255 g/mol. The van der Waals surface area contributed by atoms with Crippen molar-refractivity contribution in [1.29, 1.82) is 0 Å². The van der Waals surface area contributed by atoms with Gasteiger partial charge in [-0.15, -0.1) is 5.10 Å². The number of hydrogen-bond donors (Lipinski definition) is 2. The molecule has 0 bridgehead atoms. The lowest BCUT2D eigenvalue weighted by atomic mass is 10.1. The van der Waals surface area contributed by atoms with Gasteiger partial charge in [0.1, 0.15) is 12.4 Å². The van der Waals surface area contributed by atoms with Crippen LogP contribution < -0.4 is 10.5 Å². The highest BCUT2D eigenvalue weighted by atomic mass is 16.5. The number of pyridine rings is 1. The molecule has 2 heterocycles. The number of H-pyrrole nitrogens is 1. The van der Waals surface area contributed by atoms with E-state index in [0.29, 0.717) is 29.3 Å². The van der Waals surface area contributed by atoms with E-state index in [1.54, 1.807) is 6.07 Å². The van der Waals surface area contributed by atoms with Gasteiger partial charge in [0, 0.05) is 6.07 Å². The molecule has 96 valence electrons. The first-order valence-electron chi connectivity index (χ1n) is 5.88. The Kier molecular flexibility index (Phi) is 2.75. The summed E-state index contributed by atoms with van der Waals surface area (Å²) in [4.78, 5) is 4.06. The third kappa shape index (κ3) is 2.33. The number of nitrogens with two attached hydrogens (primary N) is 1. The van der Waals surface area contributed by atoms with E-state index in [1.165, 1.54) is 5.56 Å². The summed E-state index contributed by atoms with van der Waals surface area (Å²) in [5.41, 5.74) is 9.03. The van der Waals surface area contributed by atoms with Crippen LogP contribution >= 0.6 is 0 Å². The van der Waals surface area contributed by atoms with Crippen LogP contribution in [0.3, 0.4) is 0 Å². The summed E-state index contributed by atoms with van der Waals surface area (Å²) in [6.45, 7) is 2.50. The van der Waals surface area contributed by atoms with E-state index in [-0.39, 0.29) is 0 Å². The number of aromatic nitrogens is 4. The van der Waals surface area contributed by atoms with Gasteiger partial charge in [-0.05, 0) is 12.5 Å². The van der Waals surface area contributed by atoms with Gasteiger partial charge in [-0.25, -0.2) is 4.98 Å². The van der Waals surface area contributed by atoms with E-state index >= 15 is 0 Å². The SMILES string of the molecule is Cc1cccc(COc2cc(N)nc3n[nH]nc23)c1. The monoisotopic (exact) mass is 255 g/mol. The van der Waals surface area contributed by atoms with E-state index in [2.05, 4.69) is 26.5 Å². The number of ether oxygens (including phenoxy) is 1. The average Bonchev–Trinajstić information content (AvgIpc) is 2.84. The molecule has 6 nitrogen and oxygen atoms in total. The van der Waals surface area contributed by atoms with Crippen LogP contribution in [0.1, 0.15) is 11.1 Å². The largest absolute Gasteiger partial charge is 0.486 e. The number of fused-ring (bicyclic) bond motifs is 1. The molecule has 0 atom stereocenters. The van der Waals surface area contributed by atoms with Crippen molar-refractivity contribution in [3.05, 3.63) is 41.5 Å². The molecule has 1 aromatic carbocycles. The van der Waals surface area contributed by atoms with Crippen molar-refractivity contribution in [3.63, 3.8) is 0 Å². The Morgan fingerprint density at radius 3 is 3.00 bits per heavy atom. The van der Waals surface area contributed by atoms with Crippen molar-refractivity contribution in [2.75, 3.05) is 5.73 Å². The Labute approximate surface area is 109 Å². The first-order chi connectivity index (χ1) is 9.22. The molecule has 0 saturated carbocycles. The zero-order chi connectivity index (χ0) is 13.2. The van der Waals surface area contributed by atoms with Crippen molar-refractivity contribution < 1.29 is 4.74 Å². The fourth-order valence-corrected chi connectivity index (χ4v) is 1.90. The zero-order valence-corrected chi connectivity index (χ0v) is 10.4. The molecule has 0 amide bonds. The Morgan fingerprint density at radius 2 is 2.16 bits per heavy atom. The number of rotatable bonds is 3. The van der Waals surface area contributed by atoms with Gasteiger partial charge in [-0.3, -0.25) is 0 Å². The van der Waals surface area contributed by atoms with Crippen LogP contribution in [0.4, 0.5) is 5.82 Å². The molecule has 0 aliphatic rings. The van der Waals surface area contributed by atoms with Crippen molar-refractivity contribution >= 4 is 17.0 Å². The first-order valence-corrected chi connectivity index (χ1v) is 5.88. The van der Waals surface area contributed by atoms with Crippen LogP contribution in [0.2, 0.25) is 0 Å². The van der Waals surface area contributed by atoms with Gasteiger partial charge in [0.2, 0.25) is 5.65 Å². The molecule has 0 saturated heterocycles. The van der Waals surface area contributed by atoms with Crippen LogP contribution in [0.5, 0.6) is 5.75 Å². The summed E-state index contributed by atoms with van der Waals surface area (Å²) >= 11 is 0. The normalized spacial score (nSPS) is 10.8. The lowest BCUT2D eigenvalue weighted by molar-refractivity contribution is 0.309. The van der Waals surface area contributed by atoms with Gasteiger partial charge in [0.25, 0.3) is 0 Å². The van der Waals surface area contributed by atoms with Gasteiger partial charge in [0.15, 0.2) is 11.3 Å². The summed E-state index contributed by atoms with van der Waals surface area (Å²) in [7, 11) is 0. The molecular weight excluding hydrogens is 242 g/mol. The van der Waals surface area contributed by atoms with Gasteiger partial charge in [0.05, 0.1) is 0 Å². The molecule has 0 radical (unpaired) electrons. The molecular formula is C13H13N5O. The first kappa shape index (κ1) is 11.5. The Morgan fingerprint density at radius 1 is 1.26 bits per heavy atom. The number of hydrogen-bond acceptors (Lipinski definition) is 5. The van der Waals surface area contributed by atoms with Gasteiger partial charge in [-0.1, -0.05) is 29.8 Å². The van der Waals surface area contributed by atoms with Crippen LogP contribution in [0.25, 0.3) is 11.2 Å². The topological polar surface area (TPSA) is 89.7 Å². The minimum absolute atomic E-state index is 0.362. The molecule has 0 unspecified atom stereocenters. The number of anilines is 1. The number of nitrogen functional groups attached to an aromatic ring is 1. The predicted octanol–water partition coefficient (Wildman–Crippen LogP) is 1.82. The fourth-order valence-electron chi connectivity index (χ4n) is 1.90. The number of nitrogens with one attached hydrogen (secondary N) is 1. The van der Waals surface area contributed by atoms with Crippen LogP contribution in [-0.4, -0.2) is 20.4 Å². The molecule has 0 fully saturated rings. The lowest BCUT2D eigenvalue weighted by Crippen LogP contribution is -1.99. The van der Waals surface area contributed by atoms with Crippen molar-refractivity contribution in [2.24, 2.45) is 0 Å². The second-order valence-corrected chi connectivity index (χ2v) is 4.32. The summed E-state index contributed by atoms with van der Waals surface area (Å²) in [6, 6.07) is 9.78. The maximum Gasteiger partial charge on any atom is 0.207 e. The molecule has 0 aliphatic heterocycles. The summed E-state index contributed by atoms with van der Waals surface area (Å²) in [6.07, 6.45) is 0. The quantitative estimate of drug-likeness (QED) is 0.745. The minimum Gasteiger partial charge on any atom is -0.486 e. The van der Waals surface area contributed by atoms with Crippen LogP contribution in [-0.2, 0) is 6.61 Å². The fraction of sp³-hybridized carbons (Fsp3) is 0.154. The minimum atomic E-state index is 0.362. The van der Waals surface area contributed by atoms with E-state index in [9.17, 15) is 0 Å². The number of aryl methyl sites for hydroxylation is 1. The Hall–Kier alpha value is -2.63. The molecule has 2 aromatic heterocycles. The number of nitrogens with zero attached hydrogens (tertiary/aromatic N) is 3. The molecule has 3 aromatic rings. The third-order valence-corrected chi connectivity index (χ3v) is 2.75. The summed E-state index contributed by atoms with van der Waals surface area (Å²) < 4.78 is 5.76. The molecule has 3 N–H and O–H groups in total. The smallest absolute Gasteiger partial charge is 0.207 e. The molecule has 0 aliphatic carbocycles. The van der Waals surface area contributed by atoms with Crippen molar-refractivity contribution in [3.8, 4) is 5.75 Å². The molecule has 0 spiro atoms. The van der Waals surface area contributed by atoms with E-state index in [1.807, 2.05) is 25.1 Å². The Bertz CT molecular complexity index is 722. The predicted molar refractivity (Wildman–Crippen MR) is 71.6 cm³/mol. The number of benzene rings is 1. The van der Waals surface area contributed by atoms with Gasteiger partial charge < -0.3 is 10.5 Å². The second kappa shape index (κ2) is 4.56. The number of aromatic amines is 1. The molecule has 19 heavy (non-hydrogen) atoms. The van der Waals surface area contributed by atoms with Crippen molar-refractivity contribution in [1.82, 2.24) is 20.4 Å². The molecule has 3 rings (SSSR count). The van der Waals surface area contributed by atoms with Crippen molar-refractivity contribution in [2.45, 2.75) is 13.5 Å². The third-order valence-electron chi connectivity index (χ3n) is 2.75. The lowest BCUT2D eigenvalue weighted by Gasteiger charge is -2.07. The highest BCUT2D eigenvalue weighted by Crippen LogP contribution is 2.23. The standard InChI is InChI=1S/C13H13N5O/c1-8-3-2-4-9(5-8)7-19-10-6-11(14)15-13-12(10)16-18-17-13/h2-6H,7H2,1H3,(H3,14,15,16,17,18). The maximum atomic E-state index is 5.76. The Balaban J connectivity index is 1.87. The highest BCUT2D eigenvalue weighted by Gasteiger charge is 2.09. The van der Waals surface area contributed by atoms with Crippen LogP contribution in [0, 0.1) is 6.92 Å². The van der Waals surface area contributed by atoms with Crippen LogP contribution in [0.15, 0.2) is 30.3 Å². The van der Waals surface area contributed by atoms with E-state index in [0.717, 1.165) is 5.56 Å². The molecule has 6 heteroatoms. The van der Waals surface area contributed by atoms with Gasteiger partial charge in [-0.2, -0.15) is 10.3 Å². The van der Waals surface area contributed by atoms with E-state index < -0.39 is 0 Å². The summed E-state index contributed by atoms with van der Waals surface area (Å²) in [5.74, 6) is 0.943. The second-order valence-electron chi connectivity index (χ2n) is 4.32.